The number of β-amino-alcohol motifs (C(OH)–C–C–N with tert-alkyl or cyclic N) is 1. The van der Waals surface area contributed by atoms with Crippen LogP contribution in [0, 0.1) is 12.8 Å². The second-order valence-corrected chi connectivity index (χ2v) is 7.15. The van der Waals surface area contributed by atoms with Crippen LogP contribution in [0.5, 0.6) is 5.75 Å². The number of amides is 1. The minimum Gasteiger partial charge on any atom is -0.490 e. The number of carbonyl (C=O) groups excluding carboxylic acids is 1. The molecule has 5 nitrogen and oxygen atoms in total. The van der Waals surface area contributed by atoms with Crippen LogP contribution in [-0.4, -0.2) is 54.4 Å². The van der Waals surface area contributed by atoms with Crippen molar-refractivity contribution in [3.05, 3.63) is 29.8 Å². The zero-order valence-corrected chi connectivity index (χ0v) is 14.4. The van der Waals surface area contributed by atoms with E-state index in [0.717, 1.165) is 24.2 Å². The molecule has 3 rings (SSSR count). The van der Waals surface area contributed by atoms with Crippen LogP contribution in [0.15, 0.2) is 24.3 Å². The topological polar surface area (TPSA) is 59.0 Å². The highest BCUT2D eigenvalue weighted by molar-refractivity contribution is 5.76. The van der Waals surface area contributed by atoms with Crippen LogP contribution in [0.1, 0.15) is 31.2 Å². The Bertz CT molecular complexity index is 572. The number of hydrogen-bond acceptors (Lipinski definition) is 4. The van der Waals surface area contributed by atoms with Gasteiger partial charge in [0, 0.05) is 13.0 Å². The van der Waals surface area contributed by atoms with Gasteiger partial charge in [0.15, 0.2) is 0 Å². The first kappa shape index (κ1) is 17.2. The first-order valence-electron chi connectivity index (χ1n) is 8.82. The van der Waals surface area contributed by atoms with E-state index in [1.807, 2.05) is 31.2 Å². The van der Waals surface area contributed by atoms with Gasteiger partial charge in [-0.1, -0.05) is 24.6 Å². The molecule has 24 heavy (non-hydrogen) atoms. The van der Waals surface area contributed by atoms with E-state index in [2.05, 4.69) is 0 Å². The van der Waals surface area contributed by atoms with Crippen LogP contribution in [0.4, 0.5) is 0 Å². The van der Waals surface area contributed by atoms with Crippen LogP contribution < -0.4 is 4.74 Å². The number of hydrogen-bond donors (Lipinski definition) is 1. The summed E-state index contributed by atoms with van der Waals surface area (Å²) in [6.07, 6.45) is 4.12. The Balaban J connectivity index is 1.59. The van der Waals surface area contributed by atoms with Crippen molar-refractivity contribution in [1.29, 1.82) is 0 Å². The molecule has 1 saturated carbocycles. The summed E-state index contributed by atoms with van der Waals surface area (Å²) in [5.41, 5.74) is -0.151. The largest absolute Gasteiger partial charge is 0.490 e. The van der Waals surface area contributed by atoms with Gasteiger partial charge in [-0.15, -0.1) is 0 Å². The van der Waals surface area contributed by atoms with E-state index in [0.29, 0.717) is 25.5 Å². The molecule has 1 aromatic carbocycles. The predicted molar refractivity (Wildman–Crippen MR) is 91.0 cm³/mol. The maximum absolute atomic E-state index is 12.5. The van der Waals surface area contributed by atoms with Crippen molar-refractivity contribution in [3.8, 4) is 5.75 Å². The molecule has 132 valence electrons. The Labute approximate surface area is 143 Å². The molecule has 1 aliphatic carbocycles. The summed E-state index contributed by atoms with van der Waals surface area (Å²) in [4.78, 5) is 14.2. The van der Waals surface area contributed by atoms with E-state index in [4.69, 9.17) is 9.47 Å². The number of ether oxygens (including phenoxy) is 2. The average molecular weight is 333 g/mol. The lowest BCUT2D eigenvalue weighted by atomic mass is 9.82. The van der Waals surface area contributed by atoms with Crippen molar-refractivity contribution >= 4 is 5.91 Å². The fourth-order valence-corrected chi connectivity index (χ4v) is 3.22. The monoisotopic (exact) mass is 333 g/mol. The average Bonchev–Trinajstić information content (AvgIpc) is 2.72. The van der Waals surface area contributed by atoms with Crippen LogP contribution in [0.2, 0.25) is 0 Å². The van der Waals surface area contributed by atoms with E-state index in [1.165, 1.54) is 6.42 Å². The van der Waals surface area contributed by atoms with Crippen LogP contribution in [0.3, 0.4) is 0 Å². The van der Waals surface area contributed by atoms with Gasteiger partial charge in [-0.25, -0.2) is 0 Å². The molecule has 2 fully saturated rings. The van der Waals surface area contributed by atoms with Gasteiger partial charge in [0.05, 0.1) is 19.8 Å². The number of rotatable bonds is 5. The van der Waals surface area contributed by atoms with Gasteiger partial charge in [-0.3, -0.25) is 4.79 Å². The van der Waals surface area contributed by atoms with Gasteiger partial charge in [0.2, 0.25) is 5.91 Å². The fraction of sp³-hybridized carbons (Fsp3) is 0.632. The molecule has 1 aromatic rings. The van der Waals surface area contributed by atoms with Gasteiger partial charge < -0.3 is 19.5 Å². The highest BCUT2D eigenvalue weighted by atomic mass is 16.5. The van der Waals surface area contributed by atoms with Crippen LogP contribution in [0.25, 0.3) is 0 Å². The lowest BCUT2D eigenvalue weighted by molar-refractivity contribution is -0.136. The summed E-state index contributed by atoms with van der Waals surface area (Å²) in [5.74, 6) is 1.40. The first-order valence-corrected chi connectivity index (χ1v) is 8.82. The van der Waals surface area contributed by atoms with Crippen molar-refractivity contribution in [2.45, 2.75) is 38.2 Å². The number of aryl methyl sites for hydroxylation is 1. The Kier molecular flexibility index (Phi) is 5.41. The zero-order valence-electron chi connectivity index (χ0n) is 14.4. The summed E-state index contributed by atoms with van der Waals surface area (Å²) >= 11 is 0. The number of aliphatic hydroxyl groups is 1. The third-order valence-electron chi connectivity index (χ3n) is 4.99. The normalized spacial score (nSPS) is 25.0. The van der Waals surface area contributed by atoms with Crippen molar-refractivity contribution in [2.24, 2.45) is 5.92 Å². The molecule has 1 heterocycles. The number of benzene rings is 1. The van der Waals surface area contributed by atoms with Gasteiger partial charge >= 0.3 is 0 Å². The molecular weight excluding hydrogens is 306 g/mol. The lowest BCUT2D eigenvalue weighted by Gasteiger charge is -2.32. The maximum atomic E-state index is 12.5. The summed E-state index contributed by atoms with van der Waals surface area (Å²) < 4.78 is 11.3. The van der Waals surface area contributed by atoms with Crippen LogP contribution >= 0.6 is 0 Å². The molecule has 0 radical (unpaired) electrons. The van der Waals surface area contributed by atoms with Gasteiger partial charge in [0.1, 0.15) is 18.0 Å². The van der Waals surface area contributed by atoms with Crippen molar-refractivity contribution in [1.82, 2.24) is 4.90 Å². The molecule has 1 amide bonds. The molecule has 1 atom stereocenters. The standard InChI is InChI=1S/C19H27NO4/c1-15-5-2-3-8-17(15)24-14-19(22)12-20(9-10-23-13-19)18(21)11-16-6-4-7-16/h2-3,5,8,16,22H,4,6-7,9-14H2,1H3/t19-/m0/s1. The Morgan fingerprint density at radius 1 is 1.42 bits per heavy atom. The minimum absolute atomic E-state index is 0.116. The molecule has 1 saturated heterocycles. The third-order valence-corrected chi connectivity index (χ3v) is 4.99. The minimum atomic E-state index is -1.17. The summed E-state index contributed by atoms with van der Waals surface area (Å²) in [6.45, 7) is 3.54. The third kappa shape index (κ3) is 4.28. The summed E-state index contributed by atoms with van der Waals surface area (Å²) in [7, 11) is 0. The quantitative estimate of drug-likeness (QED) is 0.897. The molecule has 2 aliphatic rings. The van der Waals surface area contributed by atoms with E-state index >= 15 is 0 Å². The van der Waals surface area contributed by atoms with Gasteiger partial charge in [-0.2, -0.15) is 0 Å². The first-order chi connectivity index (χ1) is 11.6. The van der Waals surface area contributed by atoms with Gasteiger partial charge in [-0.05, 0) is 37.3 Å². The molecule has 0 unspecified atom stereocenters. The van der Waals surface area contributed by atoms with Crippen molar-refractivity contribution in [2.75, 3.05) is 32.9 Å². The van der Waals surface area contributed by atoms with E-state index in [9.17, 15) is 9.90 Å². The molecule has 0 aromatic heterocycles. The Morgan fingerprint density at radius 3 is 2.92 bits per heavy atom. The van der Waals surface area contributed by atoms with Crippen molar-refractivity contribution < 1.29 is 19.4 Å². The summed E-state index contributed by atoms with van der Waals surface area (Å²) in [6, 6.07) is 7.71. The highest BCUT2D eigenvalue weighted by Gasteiger charge is 2.36. The SMILES string of the molecule is Cc1ccccc1OC[C@@]1(O)COCCN(C(=O)CC2CCC2)C1. The zero-order chi connectivity index (χ0) is 17.0. The molecule has 0 spiro atoms. The number of carbonyl (C=O) groups is 1. The highest BCUT2D eigenvalue weighted by Crippen LogP contribution is 2.30. The fourth-order valence-electron chi connectivity index (χ4n) is 3.22. The maximum Gasteiger partial charge on any atom is 0.223 e. The Hall–Kier alpha value is -1.59. The van der Waals surface area contributed by atoms with E-state index in [1.54, 1.807) is 4.90 Å². The van der Waals surface area contributed by atoms with E-state index in [-0.39, 0.29) is 25.7 Å². The molecule has 1 N–H and O–H groups in total. The number of nitrogens with zero attached hydrogens (tertiary/aromatic N) is 1. The lowest BCUT2D eigenvalue weighted by Crippen LogP contribution is -2.50. The predicted octanol–water partition coefficient (Wildman–Crippen LogP) is 2.15. The van der Waals surface area contributed by atoms with Crippen LogP contribution in [-0.2, 0) is 9.53 Å². The number of para-hydroxylation sites is 1. The van der Waals surface area contributed by atoms with Crippen molar-refractivity contribution in [3.63, 3.8) is 0 Å². The second kappa shape index (κ2) is 7.53. The molecular formula is C19H27NO4. The van der Waals surface area contributed by atoms with E-state index < -0.39 is 5.60 Å². The molecule has 0 bridgehead atoms. The molecule has 1 aliphatic heterocycles. The van der Waals surface area contributed by atoms with Gasteiger partial charge in [0.25, 0.3) is 0 Å². The summed E-state index contributed by atoms with van der Waals surface area (Å²) in [5, 5.41) is 10.9. The smallest absolute Gasteiger partial charge is 0.223 e. The second-order valence-electron chi connectivity index (χ2n) is 7.15. The molecule has 5 heteroatoms. The Morgan fingerprint density at radius 2 is 2.21 bits per heavy atom.